The first-order chi connectivity index (χ1) is 14.3. The highest BCUT2D eigenvalue weighted by Gasteiger charge is 2.47. The number of benzene rings is 1. The molecule has 4 rings (SSSR count). The van der Waals surface area contributed by atoms with Crippen molar-refractivity contribution in [3.8, 4) is 11.3 Å². The lowest BCUT2D eigenvalue weighted by Gasteiger charge is -2.35. The van der Waals surface area contributed by atoms with Crippen LogP contribution in [0, 0.1) is 0 Å². The van der Waals surface area contributed by atoms with Crippen molar-refractivity contribution in [3.63, 3.8) is 0 Å². The molecule has 1 atom stereocenters. The minimum atomic E-state index is -4.50. The molecule has 0 fully saturated rings. The molecule has 1 amide bonds. The van der Waals surface area contributed by atoms with Crippen molar-refractivity contribution in [2.75, 3.05) is 11.4 Å². The van der Waals surface area contributed by atoms with E-state index in [1.54, 1.807) is 29.2 Å². The van der Waals surface area contributed by atoms with Gasteiger partial charge in [-0.05, 0) is 30.5 Å². The fourth-order valence-electron chi connectivity index (χ4n) is 3.83. The van der Waals surface area contributed by atoms with E-state index in [0.29, 0.717) is 11.3 Å². The molecule has 1 aliphatic rings. The third-order valence-corrected chi connectivity index (χ3v) is 5.34. The van der Waals surface area contributed by atoms with Crippen LogP contribution in [0.1, 0.15) is 41.1 Å². The molecular weight excluding hydrogens is 397 g/mol. The highest BCUT2D eigenvalue weighted by atomic mass is 19.4. The second-order valence-corrected chi connectivity index (χ2v) is 7.25. The lowest BCUT2D eigenvalue weighted by atomic mass is 10.0. The lowest BCUT2D eigenvalue weighted by molar-refractivity contribution is -0.172. The van der Waals surface area contributed by atoms with Crippen molar-refractivity contribution in [1.82, 2.24) is 9.78 Å². The fraction of sp³-hybridized carbons (Fsp3) is 0.333. The number of aromatic nitrogens is 2. The summed E-state index contributed by atoms with van der Waals surface area (Å²) >= 11 is 0. The van der Waals surface area contributed by atoms with Crippen molar-refractivity contribution < 1.29 is 22.4 Å². The Balaban J connectivity index is 1.88. The number of nitrogens with two attached hydrogens (primary N) is 1. The molecule has 0 radical (unpaired) electrons. The summed E-state index contributed by atoms with van der Waals surface area (Å²) in [5.41, 5.74) is 7.39. The molecular formula is C21H21F3N4O2. The number of carbonyl (C=O) groups is 1. The van der Waals surface area contributed by atoms with E-state index in [4.69, 9.17) is 10.2 Å². The van der Waals surface area contributed by atoms with E-state index >= 15 is 0 Å². The standard InChI is InChI=1S/C21H21F3N4O2/c1-2-13-5-7-14(8-6-13)18-17(19(25)29)20-27(12-15-4-3-11-30-15)10-9-16(21(22,23)24)28(20)26-18/h3-8,11,16H,2,9-10,12H2,1H3,(H2,25,29). The van der Waals surface area contributed by atoms with Crippen molar-refractivity contribution in [3.05, 3.63) is 59.5 Å². The van der Waals surface area contributed by atoms with Crippen LogP contribution in [0.25, 0.3) is 11.3 Å². The molecule has 1 unspecified atom stereocenters. The maximum atomic E-state index is 13.8. The molecule has 0 saturated heterocycles. The number of primary amides is 1. The van der Waals surface area contributed by atoms with Gasteiger partial charge in [-0.2, -0.15) is 18.3 Å². The lowest BCUT2D eigenvalue weighted by Crippen LogP contribution is -2.40. The minimum Gasteiger partial charge on any atom is -0.467 e. The van der Waals surface area contributed by atoms with Gasteiger partial charge in [-0.1, -0.05) is 31.2 Å². The van der Waals surface area contributed by atoms with Crippen molar-refractivity contribution in [2.24, 2.45) is 5.73 Å². The molecule has 158 valence electrons. The van der Waals surface area contributed by atoms with Gasteiger partial charge < -0.3 is 15.1 Å². The first kappa shape index (κ1) is 20.1. The number of anilines is 1. The van der Waals surface area contributed by atoms with E-state index in [0.717, 1.165) is 16.7 Å². The number of furan rings is 1. The zero-order chi connectivity index (χ0) is 21.5. The van der Waals surface area contributed by atoms with Crippen LogP contribution in [0.3, 0.4) is 0 Å². The van der Waals surface area contributed by atoms with E-state index in [-0.39, 0.29) is 36.6 Å². The van der Waals surface area contributed by atoms with Gasteiger partial charge in [0.1, 0.15) is 22.8 Å². The van der Waals surface area contributed by atoms with Gasteiger partial charge in [0.15, 0.2) is 6.04 Å². The summed E-state index contributed by atoms with van der Waals surface area (Å²) in [5.74, 6) is -0.183. The van der Waals surface area contributed by atoms with E-state index < -0.39 is 18.1 Å². The summed E-state index contributed by atoms with van der Waals surface area (Å²) in [5, 5.41) is 4.25. The minimum absolute atomic E-state index is 0.0141. The van der Waals surface area contributed by atoms with Gasteiger partial charge in [0.2, 0.25) is 0 Å². The maximum absolute atomic E-state index is 13.8. The Labute approximate surface area is 171 Å². The number of halogens is 3. The number of hydrogen-bond donors (Lipinski definition) is 1. The van der Waals surface area contributed by atoms with E-state index in [9.17, 15) is 18.0 Å². The van der Waals surface area contributed by atoms with Crippen LogP contribution < -0.4 is 10.6 Å². The van der Waals surface area contributed by atoms with Crippen LogP contribution in [0.5, 0.6) is 0 Å². The average Bonchev–Trinajstić information content (AvgIpc) is 3.35. The van der Waals surface area contributed by atoms with E-state index in [1.807, 2.05) is 19.1 Å². The van der Waals surface area contributed by atoms with Gasteiger partial charge in [-0.15, -0.1) is 0 Å². The smallest absolute Gasteiger partial charge is 0.410 e. The van der Waals surface area contributed by atoms with Crippen molar-refractivity contribution in [2.45, 2.75) is 38.5 Å². The molecule has 3 heterocycles. The van der Waals surface area contributed by atoms with E-state index in [2.05, 4.69) is 5.10 Å². The van der Waals surface area contributed by atoms with Crippen molar-refractivity contribution in [1.29, 1.82) is 0 Å². The molecule has 30 heavy (non-hydrogen) atoms. The zero-order valence-corrected chi connectivity index (χ0v) is 16.3. The fourth-order valence-corrected chi connectivity index (χ4v) is 3.83. The van der Waals surface area contributed by atoms with Gasteiger partial charge in [0.25, 0.3) is 5.91 Å². The number of carbonyl (C=O) groups excluding carboxylic acids is 1. The molecule has 1 aliphatic heterocycles. The topological polar surface area (TPSA) is 77.3 Å². The summed E-state index contributed by atoms with van der Waals surface area (Å²) in [6.45, 7) is 2.29. The number of rotatable bonds is 5. The third kappa shape index (κ3) is 3.55. The number of amides is 1. The van der Waals surface area contributed by atoms with Crippen LogP contribution in [0.2, 0.25) is 0 Å². The van der Waals surface area contributed by atoms with Gasteiger partial charge in [0.05, 0.1) is 12.8 Å². The number of nitrogens with zero attached hydrogens (tertiary/aromatic N) is 3. The monoisotopic (exact) mass is 418 g/mol. The van der Waals surface area contributed by atoms with Crippen LogP contribution in [0.4, 0.5) is 19.0 Å². The molecule has 0 spiro atoms. The Morgan fingerprint density at radius 2 is 2.00 bits per heavy atom. The normalized spacial score (nSPS) is 16.5. The predicted molar refractivity (Wildman–Crippen MR) is 105 cm³/mol. The van der Waals surface area contributed by atoms with Crippen molar-refractivity contribution >= 4 is 11.7 Å². The van der Waals surface area contributed by atoms with Crippen LogP contribution in [0.15, 0.2) is 47.1 Å². The Morgan fingerprint density at radius 3 is 2.57 bits per heavy atom. The molecule has 0 saturated carbocycles. The summed E-state index contributed by atoms with van der Waals surface area (Å²) in [6.07, 6.45) is -2.39. The summed E-state index contributed by atoms with van der Waals surface area (Å²) < 4.78 is 47.5. The van der Waals surface area contributed by atoms with Gasteiger partial charge in [0, 0.05) is 12.1 Å². The molecule has 1 aromatic carbocycles. The van der Waals surface area contributed by atoms with Gasteiger partial charge >= 0.3 is 6.18 Å². The third-order valence-electron chi connectivity index (χ3n) is 5.34. The first-order valence-electron chi connectivity index (χ1n) is 9.65. The second-order valence-electron chi connectivity index (χ2n) is 7.25. The number of aryl methyl sites for hydroxylation is 1. The molecule has 3 aromatic rings. The summed E-state index contributed by atoms with van der Waals surface area (Å²) in [6, 6.07) is 8.82. The molecule has 6 nitrogen and oxygen atoms in total. The average molecular weight is 418 g/mol. The quantitative estimate of drug-likeness (QED) is 0.670. The number of alkyl halides is 3. The summed E-state index contributed by atoms with van der Waals surface area (Å²) in [7, 11) is 0. The van der Waals surface area contributed by atoms with Crippen LogP contribution >= 0.6 is 0 Å². The summed E-state index contributed by atoms with van der Waals surface area (Å²) in [4.78, 5) is 14.1. The van der Waals surface area contributed by atoms with Gasteiger partial charge in [-0.25, -0.2) is 4.68 Å². The SMILES string of the molecule is CCc1ccc(-c2nn3c(c2C(N)=O)N(Cc2ccco2)CCC3C(F)(F)F)cc1. The van der Waals surface area contributed by atoms with Gasteiger partial charge in [-0.3, -0.25) is 4.79 Å². The Morgan fingerprint density at radius 1 is 1.27 bits per heavy atom. The zero-order valence-electron chi connectivity index (χ0n) is 16.3. The molecule has 2 aromatic heterocycles. The second kappa shape index (κ2) is 7.55. The highest BCUT2D eigenvalue weighted by molar-refractivity contribution is 6.04. The largest absolute Gasteiger partial charge is 0.467 e. The van der Waals surface area contributed by atoms with E-state index in [1.165, 1.54) is 6.26 Å². The Hall–Kier alpha value is -3.23. The van der Waals surface area contributed by atoms with Crippen LogP contribution in [-0.4, -0.2) is 28.4 Å². The molecule has 2 N–H and O–H groups in total. The number of hydrogen-bond acceptors (Lipinski definition) is 4. The Kier molecular flexibility index (Phi) is 5.05. The highest BCUT2D eigenvalue weighted by Crippen LogP contribution is 2.43. The first-order valence-corrected chi connectivity index (χ1v) is 9.65. The van der Waals surface area contributed by atoms with Crippen LogP contribution in [-0.2, 0) is 13.0 Å². The molecule has 0 aliphatic carbocycles. The maximum Gasteiger partial charge on any atom is 0.410 e. The Bertz CT molecular complexity index is 1040. The molecule has 0 bridgehead atoms. The predicted octanol–water partition coefficient (Wildman–Crippen LogP) is 4.32. The molecule has 9 heteroatoms. The number of fused-ring (bicyclic) bond motifs is 1.